The number of ether oxygens (including phenoxy) is 1. The lowest BCUT2D eigenvalue weighted by molar-refractivity contribution is -0.113. The van der Waals surface area contributed by atoms with Crippen molar-refractivity contribution < 1.29 is 19.1 Å². The number of esters is 1. The van der Waals surface area contributed by atoms with Gasteiger partial charge in [-0.05, 0) is 36.2 Å². The Labute approximate surface area is 234 Å². The molecule has 0 unspecified atom stereocenters. The summed E-state index contributed by atoms with van der Waals surface area (Å²) in [4.78, 5) is 37.7. The Bertz CT molecular complexity index is 1340. The van der Waals surface area contributed by atoms with Gasteiger partial charge in [0.2, 0.25) is 5.91 Å². The van der Waals surface area contributed by atoms with E-state index in [0.29, 0.717) is 28.2 Å². The number of halogens is 2. The van der Waals surface area contributed by atoms with Gasteiger partial charge in [-0.15, -0.1) is 16.8 Å². The molecule has 0 saturated heterocycles. The largest absolute Gasteiger partial charge is 0.465 e. The van der Waals surface area contributed by atoms with Crippen LogP contribution < -0.4 is 10.6 Å². The number of amides is 2. The fourth-order valence-electron chi connectivity index (χ4n) is 3.56. The third-order valence-electron chi connectivity index (χ3n) is 5.40. The molecule has 200 valence electrons. The standard InChI is InChI=1S/C26H27Cl2N5O4S/c1-5-12-33-23(22(15(2)3)30-24(35)17-11-10-16(27)13-19(17)28)31-32-26(33)38-14-21(34)29-20-9-7-6-8-18(20)25(36)37-4/h5-11,13,15,22H,1,12,14H2,2-4H3,(H,29,34)(H,30,35)/t22-/m1/s1. The molecule has 3 rings (SSSR count). The maximum atomic E-state index is 13.0. The molecular weight excluding hydrogens is 549 g/mol. The van der Waals surface area contributed by atoms with Crippen molar-refractivity contribution in [2.45, 2.75) is 31.6 Å². The van der Waals surface area contributed by atoms with Crippen molar-refractivity contribution in [1.29, 1.82) is 0 Å². The molecule has 12 heteroatoms. The van der Waals surface area contributed by atoms with Crippen molar-refractivity contribution >= 4 is 58.4 Å². The first-order valence-corrected chi connectivity index (χ1v) is 13.3. The summed E-state index contributed by atoms with van der Waals surface area (Å²) in [5.74, 6) is -0.802. The number of aromatic nitrogens is 3. The van der Waals surface area contributed by atoms with Gasteiger partial charge in [-0.1, -0.05) is 67.0 Å². The Morgan fingerprint density at radius 1 is 1.13 bits per heavy atom. The van der Waals surface area contributed by atoms with Crippen molar-refractivity contribution in [1.82, 2.24) is 20.1 Å². The van der Waals surface area contributed by atoms with E-state index >= 15 is 0 Å². The molecule has 2 amide bonds. The first-order valence-electron chi connectivity index (χ1n) is 11.6. The molecule has 2 aromatic carbocycles. The van der Waals surface area contributed by atoms with Crippen LogP contribution in [-0.2, 0) is 16.1 Å². The van der Waals surface area contributed by atoms with Crippen LogP contribution in [-0.4, -0.2) is 45.4 Å². The molecular formula is C26H27Cl2N5O4S. The highest BCUT2D eigenvalue weighted by molar-refractivity contribution is 7.99. The fourth-order valence-corrected chi connectivity index (χ4v) is 4.81. The molecule has 1 atom stereocenters. The highest BCUT2D eigenvalue weighted by atomic mass is 35.5. The second-order valence-electron chi connectivity index (χ2n) is 8.43. The molecule has 0 bridgehead atoms. The number of hydrogen-bond donors (Lipinski definition) is 2. The third kappa shape index (κ3) is 7.15. The van der Waals surface area contributed by atoms with Gasteiger partial charge in [-0.25, -0.2) is 4.79 Å². The number of hydrogen-bond acceptors (Lipinski definition) is 7. The summed E-state index contributed by atoms with van der Waals surface area (Å²) in [7, 11) is 1.28. The van der Waals surface area contributed by atoms with Crippen LogP contribution in [0.1, 0.15) is 46.4 Å². The van der Waals surface area contributed by atoms with Crippen LogP contribution in [0.2, 0.25) is 10.0 Å². The van der Waals surface area contributed by atoms with E-state index in [2.05, 4.69) is 27.4 Å². The van der Waals surface area contributed by atoms with Gasteiger partial charge in [0.25, 0.3) is 5.91 Å². The monoisotopic (exact) mass is 575 g/mol. The summed E-state index contributed by atoms with van der Waals surface area (Å²) in [6.45, 7) is 8.06. The number of methoxy groups -OCH3 is 1. The number of rotatable bonds is 11. The first kappa shape index (κ1) is 29.2. The van der Waals surface area contributed by atoms with Crippen molar-refractivity contribution in [3.05, 3.63) is 82.1 Å². The molecule has 1 heterocycles. The summed E-state index contributed by atoms with van der Waals surface area (Å²) in [6, 6.07) is 10.7. The maximum absolute atomic E-state index is 13.0. The van der Waals surface area contributed by atoms with E-state index in [9.17, 15) is 14.4 Å². The molecule has 0 spiro atoms. The van der Waals surface area contributed by atoms with Gasteiger partial charge in [-0.3, -0.25) is 9.59 Å². The summed E-state index contributed by atoms with van der Waals surface area (Å²) in [6.07, 6.45) is 1.68. The van der Waals surface area contributed by atoms with E-state index in [1.54, 1.807) is 47.0 Å². The number of carbonyl (C=O) groups excluding carboxylic acids is 3. The van der Waals surface area contributed by atoms with E-state index in [-0.39, 0.29) is 39.6 Å². The highest BCUT2D eigenvalue weighted by Crippen LogP contribution is 2.27. The number of carbonyl (C=O) groups is 3. The number of anilines is 1. The Morgan fingerprint density at radius 3 is 2.53 bits per heavy atom. The molecule has 1 aromatic heterocycles. The van der Waals surface area contributed by atoms with Gasteiger partial charge in [0.1, 0.15) is 0 Å². The number of thioether (sulfide) groups is 1. The van der Waals surface area contributed by atoms with Crippen molar-refractivity contribution in [2.75, 3.05) is 18.2 Å². The molecule has 3 aromatic rings. The number of benzene rings is 2. The summed E-state index contributed by atoms with van der Waals surface area (Å²) >= 11 is 13.4. The van der Waals surface area contributed by atoms with Crippen molar-refractivity contribution in [2.24, 2.45) is 5.92 Å². The van der Waals surface area contributed by atoms with Gasteiger partial charge in [0.05, 0.1) is 40.7 Å². The van der Waals surface area contributed by atoms with Gasteiger partial charge < -0.3 is 19.9 Å². The number of para-hydroxylation sites is 1. The second-order valence-corrected chi connectivity index (χ2v) is 10.2. The van der Waals surface area contributed by atoms with Crippen LogP contribution in [0.15, 0.2) is 60.3 Å². The van der Waals surface area contributed by atoms with Crippen LogP contribution in [0.25, 0.3) is 0 Å². The lowest BCUT2D eigenvalue weighted by atomic mass is 10.0. The SMILES string of the molecule is C=CCn1c(SCC(=O)Nc2ccccc2C(=O)OC)nnc1[C@H](NC(=O)c1ccc(Cl)cc1Cl)C(C)C. The molecule has 38 heavy (non-hydrogen) atoms. The summed E-state index contributed by atoms with van der Waals surface area (Å²) in [5, 5.41) is 15.5. The molecule has 9 nitrogen and oxygen atoms in total. The predicted octanol–water partition coefficient (Wildman–Crippen LogP) is 5.42. The number of allylic oxidation sites excluding steroid dienone is 1. The Hall–Kier alpha value is -3.34. The van der Waals surface area contributed by atoms with E-state index in [1.807, 2.05) is 13.8 Å². The lowest BCUT2D eigenvalue weighted by Gasteiger charge is -2.23. The van der Waals surface area contributed by atoms with Crippen LogP contribution >= 0.6 is 35.0 Å². The molecule has 0 aliphatic carbocycles. The minimum Gasteiger partial charge on any atom is -0.465 e. The van der Waals surface area contributed by atoms with Crippen LogP contribution in [0.5, 0.6) is 0 Å². The van der Waals surface area contributed by atoms with E-state index in [1.165, 1.54) is 24.9 Å². The number of nitrogens with one attached hydrogen (secondary N) is 2. The molecule has 0 fully saturated rings. The van der Waals surface area contributed by atoms with Gasteiger partial charge in [-0.2, -0.15) is 0 Å². The Morgan fingerprint density at radius 2 is 1.87 bits per heavy atom. The summed E-state index contributed by atoms with van der Waals surface area (Å²) in [5.41, 5.74) is 0.887. The maximum Gasteiger partial charge on any atom is 0.339 e. The normalized spacial score (nSPS) is 11.6. The lowest BCUT2D eigenvalue weighted by Crippen LogP contribution is -2.34. The molecule has 0 aliphatic heterocycles. The fraction of sp³-hybridized carbons (Fsp3) is 0.269. The zero-order valence-corrected chi connectivity index (χ0v) is 23.4. The quantitative estimate of drug-likeness (QED) is 0.178. The summed E-state index contributed by atoms with van der Waals surface area (Å²) < 4.78 is 6.57. The van der Waals surface area contributed by atoms with Gasteiger partial charge in [0.15, 0.2) is 11.0 Å². The van der Waals surface area contributed by atoms with E-state index in [0.717, 1.165) is 0 Å². The van der Waals surface area contributed by atoms with E-state index in [4.69, 9.17) is 27.9 Å². The Balaban J connectivity index is 1.78. The molecule has 0 radical (unpaired) electrons. The smallest absolute Gasteiger partial charge is 0.339 e. The zero-order valence-electron chi connectivity index (χ0n) is 21.0. The van der Waals surface area contributed by atoms with Crippen LogP contribution in [0.4, 0.5) is 5.69 Å². The highest BCUT2D eigenvalue weighted by Gasteiger charge is 2.27. The van der Waals surface area contributed by atoms with E-state index < -0.39 is 12.0 Å². The van der Waals surface area contributed by atoms with Crippen molar-refractivity contribution in [3.8, 4) is 0 Å². The third-order valence-corrected chi connectivity index (χ3v) is 6.92. The minimum atomic E-state index is -0.550. The minimum absolute atomic E-state index is 0.00384. The number of nitrogens with zero attached hydrogens (tertiary/aromatic N) is 3. The second kappa shape index (κ2) is 13.5. The average Bonchev–Trinajstić information content (AvgIpc) is 3.27. The first-order chi connectivity index (χ1) is 18.2. The van der Waals surface area contributed by atoms with Crippen LogP contribution in [0.3, 0.4) is 0 Å². The molecule has 0 saturated carbocycles. The zero-order chi connectivity index (χ0) is 27.8. The molecule has 2 N–H and O–H groups in total. The van der Waals surface area contributed by atoms with Crippen molar-refractivity contribution in [3.63, 3.8) is 0 Å². The Kier molecular flexibility index (Phi) is 10.3. The van der Waals surface area contributed by atoms with Gasteiger partial charge in [0, 0.05) is 11.6 Å². The predicted molar refractivity (Wildman–Crippen MR) is 149 cm³/mol. The molecule has 0 aliphatic rings. The topological polar surface area (TPSA) is 115 Å². The average molecular weight is 577 g/mol. The van der Waals surface area contributed by atoms with Crippen LogP contribution in [0, 0.1) is 5.92 Å². The van der Waals surface area contributed by atoms with Gasteiger partial charge >= 0.3 is 5.97 Å².